The first-order chi connectivity index (χ1) is 8.38. The first-order valence-corrected chi connectivity index (χ1v) is 7.46. The van der Waals surface area contributed by atoms with E-state index in [1.807, 2.05) is 0 Å². The Labute approximate surface area is 107 Å². The van der Waals surface area contributed by atoms with Gasteiger partial charge in [-0.1, -0.05) is 6.92 Å². The van der Waals surface area contributed by atoms with Crippen LogP contribution in [-0.2, 0) is 0 Å². The molecule has 1 saturated carbocycles. The molecule has 0 amide bonds. The van der Waals surface area contributed by atoms with E-state index in [1.54, 1.807) is 11.5 Å². The van der Waals surface area contributed by atoms with E-state index in [4.69, 9.17) is 4.98 Å². The lowest BCUT2D eigenvalue weighted by Gasteiger charge is -2.27. The zero-order valence-electron chi connectivity index (χ0n) is 10.4. The van der Waals surface area contributed by atoms with Crippen molar-refractivity contribution in [2.45, 2.75) is 44.6 Å². The summed E-state index contributed by atoms with van der Waals surface area (Å²) in [6.45, 7) is 5.57. The molecular formula is C12H20N4S. The second-order valence-corrected chi connectivity index (χ2v) is 5.78. The topological polar surface area (TPSA) is 41.1 Å². The molecule has 1 aromatic rings. The Hall–Kier alpha value is -0.680. The molecule has 2 fully saturated rings. The number of anilines is 1. The molecule has 1 atom stereocenters. The van der Waals surface area contributed by atoms with Gasteiger partial charge >= 0.3 is 0 Å². The summed E-state index contributed by atoms with van der Waals surface area (Å²) in [5.41, 5.74) is 0. The van der Waals surface area contributed by atoms with Gasteiger partial charge in [-0.25, -0.2) is 4.98 Å². The quantitative estimate of drug-likeness (QED) is 0.870. The van der Waals surface area contributed by atoms with Crippen LogP contribution in [0.5, 0.6) is 0 Å². The van der Waals surface area contributed by atoms with E-state index in [9.17, 15) is 0 Å². The van der Waals surface area contributed by atoms with Gasteiger partial charge in [0.15, 0.2) is 0 Å². The van der Waals surface area contributed by atoms with Gasteiger partial charge in [0, 0.05) is 36.6 Å². The largest absolute Gasteiger partial charge is 0.343 e. The van der Waals surface area contributed by atoms with Crippen molar-refractivity contribution in [1.29, 1.82) is 0 Å². The average Bonchev–Trinajstić information content (AvgIpc) is 2.88. The van der Waals surface area contributed by atoms with Crippen molar-refractivity contribution in [2.24, 2.45) is 0 Å². The highest BCUT2D eigenvalue weighted by atomic mass is 32.1. The van der Waals surface area contributed by atoms with Crippen LogP contribution in [0.15, 0.2) is 0 Å². The van der Waals surface area contributed by atoms with E-state index in [1.165, 1.54) is 25.7 Å². The Balaban J connectivity index is 1.75. The maximum atomic E-state index is 4.74. The highest BCUT2D eigenvalue weighted by Gasteiger charge is 2.30. The molecule has 2 aliphatic rings. The van der Waals surface area contributed by atoms with Gasteiger partial charge in [0.25, 0.3) is 0 Å². The van der Waals surface area contributed by atoms with Crippen molar-refractivity contribution < 1.29 is 0 Å². The predicted molar refractivity (Wildman–Crippen MR) is 70.8 cm³/mol. The molecule has 94 valence electrons. The van der Waals surface area contributed by atoms with Gasteiger partial charge in [-0.05, 0) is 32.2 Å². The second kappa shape index (κ2) is 4.90. The standard InChI is InChI=1S/C12H20N4S/c1-2-7-16(10-5-6-13-8-10)12-14-11(15-17-12)9-3-4-9/h9-10,13H,2-8H2,1H3. The number of aromatic nitrogens is 2. The van der Waals surface area contributed by atoms with E-state index >= 15 is 0 Å². The zero-order chi connectivity index (χ0) is 11.7. The van der Waals surface area contributed by atoms with Crippen LogP contribution in [0.1, 0.15) is 44.3 Å². The molecule has 1 saturated heterocycles. The highest BCUT2D eigenvalue weighted by Crippen LogP contribution is 2.40. The smallest absolute Gasteiger partial charge is 0.205 e. The van der Waals surface area contributed by atoms with Gasteiger partial charge in [0.1, 0.15) is 5.82 Å². The Morgan fingerprint density at radius 2 is 2.29 bits per heavy atom. The molecule has 1 N–H and O–H groups in total. The van der Waals surface area contributed by atoms with Crippen molar-refractivity contribution in [1.82, 2.24) is 14.7 Å². The van der Waals surface area contributed by atoms with Crippen molar-refractivity contribution >= 4 is 16.7 Å². The molecule has 1 aliphatic carbocycles. The van der Waals surface area contributed by atoms with Crippen LogP contribution in [0.4, 0.5) is 5.13 Å². The number of nitrogens with zero attached hydrogens (tertiary/aromatic N) is 3. The van der Waals surface area contributed by atoms with Crippen LogP contribution in [0.3, 0.4) is 0 Å². The van der Waals surface area contributed by atoms with Gasteiger partial charge in [0.05, 0.1) is 0 Å². The molecule has 0 bridgehead atoms. The molecule has 0 aromatic carbocycles. The molecule has 0 spiro atoms. The van der Waals surface area contributed by atoms with E-state index in [0.717, 1.165) is 30.6 Å². The monoisotopic (exact) mass is 252 g/mol. The minimum absolute atomic E-state index is 0.620. The van der Waals surface area contributed by atoms with Crippen LogP contribution in [0.2, 0.25) is 0 Å². The molecular weight excluding hydrogens is 232 g/mol. The van der Waals surface area contributed by atoms with E-state index in [0.29, 0.717) is 12.0 Å². The summed E-state index contributed by atoms with van der Waals surface area (Å²) in [4.78, 5) is 7.20. The van der Waals surface area contributed by atoms with Gasteiger partial charge in [0.2, 0.25) is 5.13 Å². The summed E-state index contributed by atoms with van der Waals surface area (Å²) >= 11 is 1.59. The Morgan fingerprint density at radius 3 is 2.94 bits per heavy atom. The number of hydrogen-bond acceptors (Lipinski definition) is 5. The molecule has 4 nitrogen and oxygen atoms in total. The first-order valence-electron chi connectivity index (χ1n) is 6.69. The number of hydrogen-bond donors (Lipinski definition) is 1. The average molecular weight is 252 g/mol. The van der Waals surface area contributed by atoms with Gasteiger partial charge in [-0.2, -0.15) is 4.37 Å². The van der Waals surface area contributed by atoms with Gasteiger partial charge < -0.3 is 10.2 Å². The SMILES string of the molecule is CCCN(c1nc(C2CC2)ns1)C1CCNC1. The normalized spacial score (nSPS) is 24.2. The van der Waals surface area contributed by atoms with Crippen LogP contribution in [-0.4, -0.2) is 35.0 Å². The zero-order valence-corrected chi connectivity index (χ0v) is 11.2. The summed E-state index contributed by atoms with van der Waals surface area (Å²) in [6.07, 6.45) is 4.98. The van der Waals surface area contributed by atoms with Gasteiger partial charge in [-0.3, -0.25) is 0 Å². The first kappa shape index (κ1) is 11.4. The molecule has 0 radical (unpaired) electrons. The summed E-state index contributed by atoms with van der Waals surface area (Å²) in [6, 6.07) is 0.620. The minimum Gasteiger partial charge on any atom is -0.343 e. The Kier molecular flexibility index (Phi) is 3.29. The fourth-order valence-electron chi connectivity index (χ4n) is 2.43. The maximum Gasteiger partial charge on any atom is 0.205 e. The highest BCUT2D eigenvalue weighted by molar-refractivity contribution is 7.09. The summed E-state index contributed by atoms with van der Waals surface area (Å²) in [5.74, 6) is 1.77. The lowest BCUT2D eigenvalue weighted by atomic mass is 10.2. The van der Waals surface area contributed by atoms with Crippen molar-refractivity contribution in [3.63, 3.8) is 0 Å². The van der Waals surface area contributed by atoms with Crippen LogP contribution in [0, 0.1) is 0 Å². The fourth-order valence-corrected chi connectivity index (χ4v) is 3.28. The van der Waals surface area contributed by atoms with Crippen LogP contribution < -0.4 is 10.2 Å². The number of rotatable bonds is 5. The third-order valence-corrected chi connectivity index (χ3v) is 4.33. The van der Waals surface area contributed by atoms with Crippen LogP contribution in [0.25, 0.3) is 0 Å². The molecule has 1 aromatic heterocycles. The maximum absolute atomic E-state index is 4.74. The lowest BCUT2D eigenvalue weighted by Crippen LogP contribution is -2.37. The van der Waals surface area contributed by atoms with Crippen molar-refractivity contribution in [3.8, 4) is 0 Å². The number of nitrogens with one attached hydrogen (secondary N) is 1. The van der Waals surface area contributed by atoms with E-state index in [2.05, 4.69) is 21.5 Å². The molecule has 17 heavy (non-hydrogen) atoms. The molecule has 1 aliphatic heterocycles. The third-order valence-electron chi connectivity index (χ3n) is 3.56. The Morgan fingerprint density at radius 1 is 1.41 bits per heavy atom. The van der Waals surface area contributed by atoms with Gasteiger partial charge in [-0.15, -0.1) is 0 Å². The third kappa shape index (κ3) is 2.45. The second-order valence-electron chi connectivity index (χ2n) is 5.05. The van der Waals surface area contributed by atoms with E-state index in [-0.39, 0.29) is 0 Å². The summed E-state index contributed by atoms with van der Waals surface area (Å²) in [7, 11) is 0. The lowest BCUT2D eigenvalue weighted by molar-refractivity contribution is 0.622. The summed E-state index contributed by atoms with van der Waals surface area (Å²) < 4.78 is 4.52. The molecule has 1 unspecified atom stereocenters. The van der Waals surface area contributed by atoms with E-state index < -0.39 is 0 Å². The van der Waals surface area contributed by atoms with Crippen molar-refractivity contribution in [2.75, 3.05) is 24.5 Å². The van der Waals surface area contributed by atoms with Crippen molar-refractivity contribution in [3.05, 3.63) is 5.82 Å². The molecule has 3 rings (SSSR count). The van der Waals surface area contributed by atoms with Crippen LogP contribution >= 0.6 is 11.5 Å². The fraction of sp³-hybridized carbons (Fsp3) is 0.833. The Bertz CT molecular complexity index is 368. The predicted octanol–water partition coefficient (Wildman–Crippen LogP) is 1.99. The minimum atomic E-state index is 0.620. The molecule has 2 heterocycles. The summed E-state index contributed by atoms with van der Waals surface area (Å²) in [5, 5.41) is 4.58. The molecule has 5 heteroatoms.